The maximum atomic E-state index is 14.7. The highest BCUT2D eigenvalue weighted by molar-refractivity contribution is 5.95. The van der Waals surface area contributed by atoms with E-state index in [0.717, 1.165) is 55.5 Å². The zero-order valence-corrected chi connectivity index (χ0v) is 31.0. The van der Waals surface area contributed by atoms with E-state index in [2.05, 4.69) is 45.9 Å². The van der Waals surface area contributed by atoms with Crippen molar-refractivity contribution in [1.29, 1.82) is 0 Å². The highest BCUT2D eigenvalue weighted by Gasteiger charge is 2.51. The number of pyridine rings is 1. The fourth-order valence-electron chi connectivity index (χ4n) is 8.92. The number of likely N-dealkylation sites (tertiary alicyclic amines) is 1. The molecule has 2 bridgehead atoms. The van der Waals surface area contributed by atoms with Crippen molar-refractivity contribution in [1.82, 2.24) is 14.9 Å². The van der Waals surface area contributed by atoms with Gasteiger partial charge in [0, 0.05) is 55.3 Å². The number of aryl methyl sites for hydroxylation is 1. The summed E-state index contributed by atoms with van der Waals surface area (Å²) in [4.78, 5) is 40.5. The zero-order valence-electron chi connectivity index (χ0n) is 31.0. The SMILES string of the molecule is COc1ccc(C23CCC(CN(C(=O)C4CCC(OC(=O)N5CC(CO)C5)CC4)c4cc(-c5coc(C(C)(C)C)n5)ccn4)(CC2)CC3)cc1C. The van der Waals surface area contributed by atoms with E-state index in [4.69, 9.17) is 23.9 Å². The summed E-state index contributed by atoms with van der Waals surface area (Å²) in [7, 11) is 1.73. The van der Waals surface area contributed by atoms with Crippen LogP contribution >= 0.6 is 0 Å². The molecule has 4 saturated carbocycles. The van der Waals surface area contributed by atoms with Crippen LogP contribution in [0.25, 0.3) is 11.3 Å². The van der Waals surface area contributed by atoms with Gasteiger partial charge >= 0.3 is 6.09 Å². The molecule has 4 aliphatic carbocycles. The number of nitrogens with zero attached hydrogens (tertiary/aromatic N) is 4. The molecule has 10 nitrogen and oxygen atoms in total. The molecule has 274 valence electrons. The van der Waals surface area contributed by atoms with Gasteiger partial charge in [-0.3, -0.25) is 9.69 Å². The Morgan fingerprint density at radius 3 is 2.33 bits per heavy atom. The fraction of sp³-hybridized carbons (Fsp3) is 0.610. The average molecular weight is 699 g/mol. The summed E-state index contributed by atoms with van der Waals surface area (Å²) < 4.78 is 17.2. The lowest BCUT2D eigenvalue weighted by atomic mass is 9.51. The van der Waals surface area contributed by atoms with Gasteiger partial charge in [0.1, 0.15) is 29.6 Å². The third-order valence-electron chi connectivity index (χ3n) is 12.4. The van der Waals surface area contributed by atoms with Crippen LogP contribution in [0.15, 0.2) is 47.2 Å². The summed E-state index contributed by atoms with van der Waals surface area (Å²) in [5, 5.41) is 9.31. The summed E-state index contributed by atoms with van der Waals surface area (Å²) in [5.74, 6) is 2.34. The maximum Gasteiger partial charge on any atom is 0.410 e. The molecule has 10 heteroatoms. The number of fused-ring (bicyclic) bond motifs is 3. The average Bonchev–Trinajstić information content (AvgIpc) is 3.63. The minimum Gasteiger partial charge on any atom is -0.496 e. The monoisotopic (exact) mass is 698 g/mol. The molecule has 3 aromatic rings. The molecule has 0 spiro atoms. The highest BCUT2D eigenvalue weighted by atomic mass is 16.6. The van der Waals surface area contributed by atoms with E-state index in [0.29, 0.717) is 57.0 Å². The fourth-order valence-corrected chi connectivity index (χ4v) is 8.92. The maximum absolute atomic E-state index is 14.7. The molecule has 2 amide bonds. The number of aromatic nitrogens is 2. The number of amides is 2. The molecule has 0 unspecified atom stereocenters. The molecule has 51 heavy (non-hydrogen) atoms. The van der Waals surface area contributed by atoms with Gasteiger partial charge in [0.25, 0.3) is 0 Å². The number of carbonyl (C=O) groups is 2. The second-order valence-electron chi connectivity index (χ2n) is 16.9. The van der Waals surface area contributed by atoms with E-state index in [1.807, 2.05) is 17.0 Å². The third-order valence-corrected chi connectivity index (χ3v) is 12.4. The third kappa shape index (κ3) is 7.13. The van der Waals surface area contributed by atoms with Crippen molar-refractivity contribution < 1.29 is 28.6 Å². The van der Waals surface area contributed by atoms with Crippen LogP contribution in [-0.2, 0) is 20.4 Å². The van der Waals surface area contributed by atoms with Crippen molar-refractivity contribution in [3.63, 3.8) is 0 Å². The summed E-state index contributed by atoms with van der Waals surface area (Å²) >= 11 is 0. The van der Waals surface area contributed by atoms with Gasteiger partial charge < -0.3 is 23.9 Å². The van der Waals surface area contributed by atoms with Crippen LogP contribution in [0.5, 0.6) is 5.75 Å². The van der Waals surface area contributed by atoms with Crippen LogP contribution in [0.4, 0.5) is 10.6 Å². The Kier molecular flexibility index (Phi) is 9.67. The molecule has 0 atom stereocenters. The van der Waals surface area contributed by atoms with E-state index in [-0.39, 0.29) is 52.8 Å². The molecule has 1 N–H and O–H groups in total. The molecule has 8 rings (SSSR count). The highest BCUT2D eigenvalue weighted by Crippen LogP contribution is 2.58. The van der Waals surface area contributed by atoms with Crippen molar-refractivity contribution in [2.75, 3.05) is 38.3 Å². The number of methoxy groups -OCH3 is 1. The van der Waals surface area contributed by atoms with Crippen LogP contribution in [0.2, 0.25) is 0 Å². The van der Waals surface area contributed by atoms with Crippen LogP contribution < -0.4 is 9.64 Å². The standard InChI is InChI=1S/C41H54N4O6/c1-27-20-31(8-11-34(27)49-5)41-16-13-40(14-17-41,15-18-41)26-45(35-21-30(12-19-42-35)33-25-50-37(43-33)39(2,3)4)36(47)29-6-9-32(10-7-29)51-38(48)44-22-28(23-44)24-46/h8,11-12,19-21,25,28-29,32,46H,6-7,9-10,13-18,22-24,26H2,1-5H3. The first-order valence-electron chi connectivity index (χ1n) is 18.9. The lowest BCUT2D eigenvalue weighted by molar-refractivity contribution is -0.124. The Morgan fingerprint density at radius 2 is 1.73 bits per heavy atom. The first-order chi connectivity index (χ1) is 24.4. The molecule has 5 fully saturated rings. The number of hydrogen-bond acceptors (Lipinski definition) is 8. The molecule has 1 aromatic carbocycles. The Hall–Kier alpha value is -3.92. The van der Waals surface area contributed by atoms with Crippen LogP contribution in [0.1, 0.15) is 102 Å². The van der Waals surface area contributed by atoms with E-state index in [1.165, 1.54) is 11.1 Å². The number of aliphatic hydroxyl groups is 1. The summed E-state index contributed by atoms with van der Waals surface area (Å²) in [6, 6.07) is 10.6. The number of oxazole rings is 1. The molecule has 5 aliphatic rings. The number of carbonyl (C=O) groups excluding carboxylic acids is 2. The molecule has 0 radical (unpaired) electrons. The van der Waals surface area contributed by atoms with Gasteiger partial charge in [-0.15, -0.1) is 0 Å². The number of hydrogen-bond donors (Lipinski definition) is 1. The largest absolute Gasteiger partial charge is 0.496 e. The smallest absolute Gasteiger partial charge is 0.410 e. The van der Waals surface area contributed by atoms with E-state index in [9.17, 15) is 14.7 Å². The number of anilines is 1. The van der Waals surface area contributed by atoms with Crippen LogP contribution in [0.3, 0.4) is 0 Å². The lowest BCUT2D eigenvalue weighted by Gasteiger charge is -2.55. The van der Waals surface area contributed by atoms with Gasteiger partial charge in [-0.05, 0) is 111 Å². The molecular formula is C41H54N4O6. The minimum atomic E-state index is -0.311. The summed E-state index contributed by atoms with van der Waals surface area (Å²) in [5.41, 5.74) is 4.19. The molecule has 1 saturated heterocycles. The topological polar surface area (TPSA) is 118 Å². The summed E-state index contributed by atoms with van der Waals surface area (Å²) in [6.07, 6.45) is 12.1. The van der Waals surface area contributed by atoms with Gasteiger partial charge in [-0.1, -0.05) is 32.9 Å². The van der Waals surface area contributed by atoms with Gasteiger partial charge in [-0.25, -0.2) is 14.8 Å². The molecule has 1 aliphatic heterocycles. The lowest BCUT2D eigenvalue weighted by Crippen LogP contribution is -2.52. The van der Waals surface area contributed by atoms with Crippen molar-refractivity contribution in [3.8, 4) is 17.0 Å². The molecular weight excluding hydrogens is 644 g/mol. The van der Waals surface area contributed by atoms with E-state index >= 15 is 0 Å². The van der Waals surface area contributed by atoms with Crippen LogP contribution in [-0.4, -0.2) is 71.4 Å². The Balaban J connectivity index is 1.09. The van der Waals surface area contributed by atoms with Gasteiger partial charge in [0.05, 0.1) is 7.11 Å². The number of aliphatic hydroxyl groups excluding tert-OH is 1. The number of rotatable bonds is 9. The predicted octanol–water partition coefficient (Wildman–Crippen LogP) is 7.60. The molecule has 2 aromatic heterocycles. The van der Waals surface area contributed by atoms with Crippen LogP contribution in [0, 0.1) is 24.2 Å². The summed E-state index contributed by atoms with van der Waals surface area (Å²) in [6.45, 7) is 10.2. The Labute approximate surface area is 301 Å². The zero-order chi connectivity index (χ0) is 36.0. The number of ether oxygens (including phenoxy) is 2. The van der Waals surface area contributed by atoms with Gasteiger partial charge in [0.2, 0.25) is 5.91 Å². The second kappa shape index (κ2) is 13.9. The minimum absolute atomic E-state index is 0.0281. The second-order valence-corrected chi connectivity index (χ2v) is 16.9. The van der Waals surface area contributed by atoms with Crippen molar-refractivity contribution in [2.24, 2.45) is 17.3 Å². The van der Waals surface area contributed by atoms with E-state index in [1.54, 1.807) is 24.5 Å². The Bertz CT molecular complexity index is 1710. The first kappa shape index (κ1) is 35.5. The van der Waals surface area contributed by atoms with E-state index < -0.39 is 0 Å². The molecule has 3 heterocycles. The normalized spacial score (nSPS) is 26.4. The Morgan fingerprint density at radius 1 is 1.02 bits per heavy atom. The predicted molar refractivity (Wildman–Crippen MR) is 195 cm³/mol. The number of benzene rings is 1. The quantitative estimate of drug-likeness (QED) is 0.243. The van der Waals surface area contributed by atoms with Crippen molar-refractivity contribution in [2.45, 2.75) is 109 Å². The van der Waals surface area contributed by atoms with Gasteiger partial charge in [0.15, 0.2) is 5.89 Å². The first-order valence-corrected chi connectivity index (χ1v) is 18.9. The van der Waals surface area contributed by atoms with Crippen molar-refractivity contribution >= 4 is 17.8 Å². The van der Waals surface area contributed by atoms with Crippen molar-refractivity contribution in [3.05, 3.63) is 59.8 Å². The van der Waals surface area contributed by atoms with Gasteiger partial charge in [-0.2, -0.15) is 0 Å².